The van der Waals surface area contributed by atoms with Crippen LogP contribution in [0.5, 0.6) is 0 Å². The summed E-state index contributed by atoms with van der Waals surface area (Å²) in [7, 11) is -1.03. The lowest BCUT2D eigenvalue weighted by Gasteiger charge is -2.11. The van der Waals surface area contributed by atoms with Crippen LogP contribution >= 0.6 is 11.8 Å². The molecule has 1 atom stereocenters. The van der Waals surface area contributed by atoms with E-state index in [4.69, 9.17) is 0 Å². The Morgan fingerprint density at radius 1 is 1.43 bits per heavy atom. The summed E-state index contributed by atoms with van der Waals surface area (Å²) in [5.74, 6) is -0.735. The van der Waals surface area contributed by atoms with Crippen molar-refractivity contribution in [2.24, 2.45) is 0 Å². The molecule has 0 heterocycles. The number of rotatable bonds is 7. The third-order valence-electron chi connectivity index (χ3n) is 2.23. The van der Waals surface area contributed by atoms with Gasteiger partial charge in [0.2, 0.25) is 6.43 Å². The van der Waals surface area contributed by atoms with Gasteiger partial charge in [-0.15, -0.1) is 11.8 Å². The molecule has 21 heavy (non-hydrogen) atoms. The summed E-state index contributed by atoms with van der Waals surface area (Å²) in [5.41, 5.74) is 0.121. The Kier molecular flexibility index (Phi) is 7.58. The van der Waals surface area contributed by atoms with Crippen molar-refractivity contribution in [1.29, 1.82) is 0 Å². The molecule has 0 aliphatic heterocycles. The van der Waals surface area contributed by atoms with E-state index in [1.165, 1.54) is 12.3 Å². The molecule has 1 aromatic carbocycles. The van der Waals surface area contributed by atoms with Gasteiger partial charge >= 0.3 is 6.03 Å². The molecule has 0 saturated carbocycles. The van der Waals surface area contributed by atoms with Crippen LogP contribution in [0.2, 0.25) is 0 Å². The number of thioether (sulfide) groups is 1. The van der Waals surface area contributed by atoms with Crippen molar-refractivity contribution in [3.8, 4) is 0 Å². The highest BCUT2D eigenvalue weighted by Gasteiger charge is 2.11. The van der Waals surface area contributed by atoms with E-state index in [0.29, 0.717) is 10.6 Å². The van der Waals surface area contributed by atoms with Crippen LogP contribution in [-0.4, -0.2) is 41.0 Å². The topological polar surface area (TPSA) is 58.2 Å². The lowest BCUT2D eigenvalue weighted by molar-refractivity contribution is 0.177. The number of hydrogen-bond donors (Lipinski definition) is 2. The molecule has 2 N–H and O–H groups in total. The van der Waals surface area contributed by atoms with Crippen LogP contribution in [0.15, 0.2) is 23.1 Å². The van der Waals surface area contributed by atoms with Gasteiger partial charge in [0, 0.05) is 34.2 Å². The van der Waals surface area contributed by atoms with Crippen LogP contribution in [0, 0.1) is 5.82 Å². The summed E-state index contributed by atoms with van der Waals surface area (Å²) in [6, 6.07) is 2.92. The molecule has 9 heteroatoms. The highest BCUT2D eigenvalue weighted by Crippen LogP contribution is 2.29. The maximum Gasteiger partial charge on any atom is 0.319 e. The van der Waals surface area contributed by atoms with Crippen LogP contribution in [0.3, 0.4) is 0 Å². The van der Waals surface area contributed by atoms with Crippen molar-refractivity contribution < 1.29 is 22.2 Å². The summed E-state index contributed by atoms with van der Waals surface area (Å²) >= 11 is 0.827. The molecule has 0 aromatic heterocycles. The standard InChI is InChI=1S/C12H15F3N2O2S2/c1-21(19)5-4-16-12(18)17-9-6-8(13)2-3-10(9)20-7-11(14)15/h2-3,6,11H,4-5,7H2,1H3,(H2,16,17,18). The molecule has 0 bridgehead atoms. The van der Waals surface area contributed by atoms with Crippen LogP contribution < -0.4 is 10.6 Å². The molecule has 0 aliphatic carbocycles. The second kappa shape index (κ2) is 8.93. The van der Waals surface area contributed by atoms with Gasteiger partial charge in [-0.05, 0) is 18.2 Å². The highest BCUT2D eigenvalue weighted by atomic mass is 32.2. The normalized spacial score (nSPS) is 12.2. The van der Waals surface area contributed by atoms with Gasteiger partial charge < -0.3 is 10.6 Å². The molecule has 0 aliphatic rings. The van der Waals surface area contributed by atoms with E-state index in [9.17, 15) is 22.2 Å². The first-order valence-electron chi connectivity index (χ1n) is 5.94. The third kappa shape index (κ3) is 7.37. The van der Waals surface area contributed by atoms with Crippen molar-refractivity contribution in [2.45, 2.75) is 11.3 Å². The van der Waals surface area contributed by atoms with Crippen LogP contribution in [-0.2, 0) is 10.8 Å². The van der Waals surface area contributed by atoms with E-state index in [2.05, 4.69) is 10.6 Å². The van der Waals surface area contributed by atoms with E-state index in [-0.39, 0.29) is 12.2 Å². The Morgan fingerprint density at radius 2 is 2.14 bits per heavy atom. The molecule has 1 unspecified atom stereocenters. The first-order valence-corrected chi connectivity index (χ1v) is 8.65. The summed E-state index contributed by atoms with van der Waals surface area (Å²) in [6.07, 6.45) is -0.994. The van der Waals surface area contributed by atoms with Crippen molar-refractivity contribution in [3.63, 3.8) is 0 Å². The molecule has 0 fully saturated rings. The summed E-state index contributed by atoms with van der Waals surface area (Å²) in [5, 5.41) is 4.85. The Balaban J connectivity index is 2.65. The number of nitrogens with one attached hydrogen (secondary N) is 2. The van der Waals surface area contributed by atoms with Crippen molar-refractivity contribution in [1.82, 2.24) is 5.32 Å². The third-order valence-corrected chi connectivity index (χ3v) is 4.09. The van der Waals surface area contributed by atoms with Gasteiger partial charge in [-0.3, -0.25) is 4.21 Å². The zero-order valence-electron chi connectivity index (χ0n) is 11.2. The molecule has 1 aromatic rings. The number of urea groups is 1. The van der Waals surface area contributed by atoms with E-state index < -0.39 is 34.8 Å². The number of alkyl halides is 2. The minimum absolute atomic E-state index is 0.121. The molecular weight excluding hydrogens is 325 g/mol. The van der Waals surface area contributed by atoms with Gasteiger partial charge in [0.1, 0.15) is 5.82 Å². The van der Waals surface area contributed by atoms with Gasteiger partial charge in [-0.1, -0.05) is 0 Å². The maximum atomic E-state index is 13.2. The predicted octanol–water partition coefficient (Wildman–Crippen LogP) is 2.68. The number of anilines is 1. The second-order valence-corrected chi connectivity index (χ2v) is 6.62. The van der Waals surface area contributed by atoms with Gasteiger partial charge in [0.15, 0.2) is 0 Å². The van der Waals surface area contributed by atoms with E-state index in [1.807, 2.05) is 0 Å². The Bertz CT molecular complexity index is 515. The fourth-order valence-corrected chi connectivity index (χ4v) is 2.48. The number of carbonyl (C=O) groups excluding carboxylic acids is 1. The number of hydrogen-bond acceptors (Lipinski definition) is 3. The quantitative estimate of drug-likeness (QED) is 0.751. The average Bonchev–Trinajstić information content (AvgIpc) is 2.37. The maximum absolute atomic E-state index is 13.2. The van der Waals surface area contributed by atoms with Crippen molar-refractivity contribution in [2.75, 3.05) is 29.6 Å². The molecular formula is C12H15F3N2O2S2. The lowest BCUT2D eigenvalue weighted by Crippen LogP contribution is -2.32. The number of benzene rings is 1. The van der Waals surface area contributed by atoms with Crippen molar-refractivity contribution in [3.05, 3.63) is 24.0 Å². The van der Waals surface area contributed by atoms with Gasteiger partial charge in [0.25, 0.3) is 0 Å². The second-order valence-electron chi connectivity index (χ2n) is 4.00. The first-order chi connectivity index (χ1) is 9.88. The van der Waals surface area contributed by atoms with E-state index in [0.717, 1.165) is 23.9 Å². The highest BCUT2D eigenvalue weighted by molar-refractivity contribution is 7.99. The van der Waals surface area contributed by atoms with E-state index >= 15 is 0 Å². The zero-order valence-corrected chi connectivity index (χ0v) is 12.8. The zero-order chi connectivity index (χ0) is 15.8. The van der Waals surface area contributed by atoms with Gasteiger partial charge in [0.05, 0.1) is 11.4 Å². The monoisotopic (exact) mass is 340 g/mol. The smallest absolute Gasteiger partial charge is 0.319 e. The Hall–Kier alpha value is -1.22. The van der Waals surface area contributed by atoms with Crippen LogP contribution in [0.25, 0.3) is 0 Å². The summed E-state index contributed by atoms with van der Waals surface area (Å²) < 4.78 is 48.5. The van der Waals surface area contributed by atoms with Gasteiger partial charge in [-0.2, -0.15) is 0 Å². The molecule has 1 rings (SSSR count). The molecule has 4 nitrogen and oxygen atoms in total. The summed E-state index contributed by atoms with van der Waals surface area (Å²) in [4.78, 5) is 11.9. The largest absolute Gasteiger partial charge is 0.337 e. The first kappa shape index (κ1) is 17.8. The fraction of sp³-hybridized carbons (Fsp3) is 0.417. The Morgan fingerprint density at radius 3 is 2.76 bits per heavy atom. The molecule has 0 radical (unpaired) electrons. The number of amides is 2. The SMILES string of the molecule is CS(=O)CCNC(=O)Nc1cc(F)ccc1SCC(F)F. The molecule has 2 amide bonds. The average molecular weight is 340 g/mol. The molecule has 118 valence electrons. The van der Waals surface area contributed by atoms with Crippen LogP contribution in [0.4, 0.5) is 23.7 Å². The van der Waals surface area contributed by atoms with E-state index in [1.54, 1.807) is 0 Å². The Labute approximate surface area is 127 Å². The lowest BCUT2D eigenvalue weighted by atomic mass is 10.3. The molecule has 0 saturated heterocycles. The number of carbonyl (C=O) groups is 1. The van der Waals surface area contributed by atoms with Gasteiger partial charge in [-0.25, -0.2) is 18.0 Å². The van der Waals surface area contributed by atoms with Crippen molar-refractivity contribution >= 4 is 34.3 Å². The minimum atomic E-state index is -2.50. The molecule has 0 spiro atoms. The predicted molar refractivity (Wildman–Crippen MR) is 79.1 cm³/mol. The fourth-order valence-electron chi connectivity index (χ4n) is 1.35. The minimum Gasteiger partial charge on any atom is -0.337 e. The number of halogens is 3. The van der Waals surface area contributed by atoms with Crippen LogP contribution in [0.1, 0.15) is 0 Å². The summed E-state index contributed by atoms with van der Waals surface area (Å²) in [6.45, 7) is 0.198.